The highest BCUT2D eigenvalue weighted by Gasteiger charge is 2.15. The molecular weight excluding hydrogens is 348 g/mol. The van der Waals surface area contributed by atoms with Crippen molar-refractivity contribution in [3.8, 4) is 0 Å². The van der Waals surface area contributed by atoms with E-state index in [0.29, 0.717) is 29.9 Å². The lowest BCUT2D eigenvalue weighted by Crippen LogP contribution is -2.32. The molecule has 0 saturated heterocycles. The molecule has 1 aromatic heterocycles. The molecule has 3 N–H and O–H groups in total. The number of thiazole rings is 1. The van der Waals surface area contributed by atoms with Crippen LogP contribution < -0.4 is 11.1 Å². The number of benzene rings is 1. The average molecular weight is 375 g/mol. The molecule has 0 radical (unpaired) electrons. The van der Waals surface area contributed by atoms with Crippen molar-refractivity contribution >= 4 is 28.8 Å². The monoisotopic (exact) mass is 374 g/mol. The number of nitrogens with zero attached hydrogens (tertiary/aromatic N) is 2. The maximum atomic E-state index is 12.6. The van der Waals surface area contributed by atoms with Crippen LogP contribution in [-0.2, 0) is 6.42 Å². The Morgan fingerprint density at radius 2 is 1.81 bits per heavy atom. The van der Waals surface area contributed by atoms with E-state index in [1.807, 2.05) is 4.90 Å². The highest BCUT2D eigenvalue weighted by molar-refractivity contribution is 7.09. The zero-order chi connectivity index (χ0) is 18.9. The summed E-state index contributed by atoms with van der Waals surface area (Å²) in [5, 5.41) is 5.39. The van der Waals surface area contributed by atoms with Gasteiger partial charge in [0.1, 0.15) is 5.69 Å². The minimum absolute atomic E-state index is 0.0255. The molecule has 26 heavy (non-hydrogen) atoms. The molecule has 0 unspecified atom stereocenters. The first-order valence-corrected chi connectivity index (χ1v) is 9.82. The van der Waals surface area contributed by atoms with Gasteiger partial charge in [-0.25, -0.2) is 4.98 Å². The van der Waals surface area contributed by atoms with Crippen molar-refractivity contribution < 1.29 is 9.59 Å². The van der Waals surface area contributed by atoms with Crippen molar-refractivity contribution in [3.63, 3.8) is 0 Å². The maximum Gasteiger partial charge on any atom is 0.275 e. The normalized spacial score (nSPS) is 10.6. The van der Waals surface area contributed by atoms with Gasteiger partial charge in [0.05, 0.1) is 5.01 Å². The third-order valence-corrected chi connectivity index (χ3v) is 4.72. The minimum atomic E-state index is -0.262. The van der Waals surface area contributed by atoms with Crippen molar-refractivity contribution in [1.29, 1.82) is 0 Å². The molecule has 0 aliphatic carbocycles. The smallest absolute Gasteiger partial charge is 0.275 e. The second-order valence-corrected chi connectivity index (χ2v) is 6.93. The summed E-state index contributed by atoms with van der Waals surface area (Å²) in [6, 6.07) is 6.98. The minimum Gasteiger partial charge on any atom is -0.339 e. The van der Waals surface area contributed by atoms with Gasteiger partial charge in [0, 0.05) is 36.1 Å². The summed E-state index contributed by atoms with van der Waals surface area (Å²) >= 11 is 1.43. The van der Waals surface area contributed by atoms with E-state index in [9.17, 15) is 9.59 Å². The number of hydrogen-bond donors (Lipinski definition) is 2. The summed E-state index contributed by atoms with van der Waals surface area (Å²) in [6.45, 7) is 6.13. The Kier molecular flexibility index (Phi) is 7.74. The standard InChI is InChI=1S/C19H26N4O2S/c1-3-11-23(12-4-2)19(25)14-5-7-15(8-6-14)21-18(24)16-13-26-17(22-16)9-10-20/h5-8,13H,3-4,9-12,20H2,1-2H3,(H,21,24). The summed E-state index contributed by atoms with van der Waals surface area (Å²) in [5.41, 5.74) is 7.15. The molecule has 2 rings (SSSR count). The molecule has 2 amide bonds. The number of nitrogens with one attached hydrogen (secondary N) is 1. The quantitative estimate of drug-likeness (QED) is 0.706. The van der Waals surface area contributed by atoms with E-state index >= 15 is 0 Å². The molecule has 0 fully saturated rings. The first kappa shape index (κ1) is 20.1. The molecule has 0 bridgehead atoms. The summed E-state index contributed by atoms with van der Waals surface area (Å²) in [6.07, 6.45) is 2.53. The highest BCUT2D eigenvalue weighted by Crippen LogP contribution is 2.15. The van der Waals surface area contributed by atoms with E-state index in [1.54, 1.807) is 29.6 Å². The fraction of sp³-hybridized carbons (Fsp3) is 0.421. The Morgan fingerprint density at radius 1 is 1.15 bits per heavy atom. The molecule has 0 spiro atoms. The van der Waals surface area contributed by atoms with Gasteiger partial charge in [0.15, 0.2) is 0 Å². The van der Waals surface area contributed by atoms with Crippen LogP contribution in [0.1, 0.15) is 52.5 Å². The fourth-order valence-corrected chi connectivity index (χ4v) is 3.38. The molecule has 7 heteroatoms. The molecule has 1 heterocycles. The van der Waals surface area contributed by atoms with Crippen LogP contribution in [0.25, 0.3) is 0 Å². The Morgan fingerprint density at radius 3 is 2.38 bits per heavy atom. The Hall–Kier alpha value is -2.25. The van der Waals surface area contributed by atoms with Crippen LogP contribution in [0.15, 0.2) is 29.6 Å². The van der Waals surface area contributed by atoms with Crippen LogP contribution in [0.3, 0.4) is 0 Å². The van der Waals surface area contributed by atoms with E-state index in [1.165, 1.54) is 11.3 Å². The lowest BCUT2D eigenvalue weighted by atomic mass is 10.1. The van der Waals surface area contributed by atoms with Gasteiger partial charge < -0.3 is 16.0 Å². The van der Waals surface area contributed by atoms with Gasteiger partial charge in [-0.2, -0.15) is 0 Å². The van der Waals surface area contributed by atoms with Crippen LogP contribution in [-0.4, -0.2) is 41.3 Å². The van der Waals surface area contributed by atoms with E-state index in [2.05, 4.69) is 24.1 Å². The number of hydrogen-bond acceptors (Lipinski definition) is 5. The van der Waals surface area contributed by atoms with E-state index < -0.39 is 0 Å². The van der Waals surface area contributed by atoms with Gasteiger partial charge in [-0.1, -0.05) is 13.8 Å². The second-order valence-electron chi connectivity index (χ2n) is 5.99. The van der Waals surface area contributed by atoms with Crippen molar-refractivity contribution in [1.82, 2.24) is 9.88 Å². The molecule has 6 nitrogen and oxygen atoms in total. The number of carbonyl (C=O) groups excluding carboxylic acids is 2. The third kappa shape index (κ3) is 5.37. The topological polar surface area (TPSA) is 88.3 Å². The molecule has 0 atom stereocenters. The predicted octanol–water partition coefficient (Wildman–Crippen LogP) is 3.16. The lowest BCUT2D eigenvalue weighted by Gasteiger charge is -2.21. The molecular formula is C19H26N4O2S. The summed E-state index contributed by atoms with van der Waals surface area (Å²) < 4.78 is 0. The van der Waals surface area contributed by atoms with Crippen molar-refractivity contribution in [2.45, 2.75) is 33.1 Å². The number of amides is 2. The number of anilines is 1. The van der Waals surface area contributed by atoms with Crippen LogP contribution in [0.2, 0.25) is 0 Å². The molecule has 140 valence electrons. The fourth-order valence-electron chi connectivity index (χ4n) is 2.58. The first-order valence-electron chi connectivity index (χ1n) is 8.94. The van der Waals surface area contributed by atoms with Crippen molar-refractivity contribution in [2.75, 3.05) is 25.0 Å². The van der Waals surface area contributed by atoms with Crippen LogP contribution in [0.4, 0.5) is 5.69 Å². The maximum absolute atomic E-state index is 12.6. The Labute approximate surface area is 158 Å². The third-order valence-electron chi connectivity index (χ3n) is 3.81. The van der Waals surface area contributed by atoms with Crippen LogP contribution in [0.5, 0.6) is 0 Å². The summed E-state index contributed by atoms with van der Waals surface area (Å²) in [4.78, 5) is 31.0. The Bertz CT molecular complexity index is 721. The van der Waals surface area contributed by atoms with Gasteiger partial charge in [-0.15, -0.1) is 11.3 Å². The highest BCUT2D eigenvalue weighted by atomic mass is 32.1. The molecule has 1 aromatic carbocycles. The SMILES string of the molecule is CCCN(CCC)C(=O)c1ccc(NC(=O)c2csc(CCN)n2)cc1. The molecule has 0 aliphatic heterocycles. The first-order chi connectivity index (χ1) is 12.6. The number of carbonyl (C=O) groups is 2. The largest absolute Gasteiger partial charge is 0.339 e. The zero-order valence-corrected chi connectivity index (χ0v) is 16.1. The van der Waals surface area contributed by atoms with Gasteiger partial charge in [0.2, 0.25) is 0 Å². The molecule has 0 saturated carbocycles. The second kappa shape index (κ2) is 10.0. The zero-order valence-electron chi connectivity index (χ0n) is 15.3. The number of nitrogens with two attached hydrogens (primary N) is 1. The van der Waals surface area contributed by atoms with Gasteiger partial charge in [0.25, 0.3) is 11.8 Å². The number of aromatic nitrogens is 1. The van der Waals surface area contributed by atoms with Crippen LogP contribution in [0, 0.1) is 0 Å². The van der Waals surface area contributed by atoms with Crippen molar-refractivity contribution in [2.24, 2.45) is 5.73 Å². The predicted molar refractivity (Wildman–Crippen MR) is 106 cm³/mol. The lowest BCUT2D eigenvalue weighted by molar-refractivity contribution is 0.0755. The Balaban J connectivity index is 2.01. The van der Waals surface area contributed by atoms with Crippen molar-refractivity contribution in [3.05, 3.63) is 45.9 Å². The molecule has 0 aliphatic rings. The van der Waals surface area contributed by atoms with Gasteiger partial charge in [-0.05, 0) is 43.7 Å². The molecule has 2 aromatic rings. The van der Waals surface area contributed by atoms with Gasteiger partial charge in [-0.3, -0.25) is 9.59 Å². The van der Waals surface area contributed by atoms with E-state index in [-0.39, 0.29) is 11.8 Å². The summed E-state index contributed by atoms with van der Waals surface area (Å²) in [7, 11) is 0. The average Bonchev–Trinajstić information content (AvgIpc) is 3.11. The van der Waals surface area contributed by atoms with E-state index in [0.717, 1.165) is 30.9 Å². The van der Waals surface area contributed by atoms with E-state index in [4.69, 9.17) is 5.73 Å². The van der Waals surface area contributed by atoms with Crippen LogP contribution >= 0.6 is 11.3 Å². The number of rotatable bonds is 9. The summed E-state index contributed by atoms with van der Waals surface area (Å²) in [5.74, 6) is -0.236. The van der Waals surface area contributed by atoms with Gasteiger partial charge >= 0.3 is 0 Å².